The van der Waals surface area contributed by atoms with Gasteiger partial charge in [0, 0.05) is 24.3 Å². The van der Waals surface area contributed by atoms with Crippen molar-refractivity contribution in [2.75, 3.05) is 37.8 Å². The van der Waals surface area contributed by atoms with Crippen LogP contribution in [0.25, 0.3) is 0 Å². The lowest BCUT2D eigenvalue weighted by atomic mass is 9.93. The molecule has 92 valence electrons. The minimum Gasteiger partial charge on any atom is -0.396 e. The summed E-state index contributed by atoms with van der Waals surface area (Å²) in [6.45, 7) is 3.84. The number of hydrogen-bond acceptors (Lipinski definition) is 5. The van der Waals surface area contributed by atoms with Crippen LogP contribution in [0.3, 0.4) is 0 Å². The predicted molar refractivity (Wildman–Crippen MR) is 59.5 cm³/mol. The first kappa shape index (κ1) is 14.8. The van der Waals surface area contributed by atoms with E-state index in [1.54, 1.807) is 13.8 Å². The van der Waals surface area contributed by atoms with Crippen LogP contribution in [0.2, 0.25) is 0 Å². The molecule has 3 N–H and O–H groups in total. The monoisotopic (exact) mass is 239 g/mol. The molecule has 0 aromatic carbocycles. The topological polar surface area (TPSA) is 86.6 Å². The molecule has 6 heteroatoms. The molecule has 0 aromatic heterocycles. The van der Waals surface area contributed by atoms with E-state index in [2.05, 4.69) is 5.32 Å². The molecule has 0 rings (SSSR count). The van der Waals surface area contributed by atoms with Crippen LogP contribution in [0.15, 0.2) is 0 Å². The molecule has 0 aliphatic rings. The lowest BCUT2D eigenvalue weighted by Gasteiger charge is -2.24. The van der Waals surface area contributed by atoms with E-state index in [-0.39, 0.29) is 24.7 Å². The summed E-state index contributed by atoms with van der Waals surface area (Å²) in [6.07, 6.45) is 0. The zero-order valence-corrected chi connectivity index (χ0v) is 10.2. The van der Waals surface area contributed by atoms with Crippen molar-refractivity contribution in [3.63, 3.8) is 0 Å². The molecule has 5 nitrogen and oxygen atoms in total. The van der Waals surface area contributed by atoms with E-state index in [1.165, 1.54) is 0 Å². The van der Waals surface area contributed by atoms with Crippen LogP contribution < -0.4 is 5.32 Å². The first-order valence-corrected chi connectivity index (χ1v) is 6.84. The van der Waals surface area contributed by atoms with Gasteiger partial charge in [-0.05, 0) is 0 Å². The van der Waals surface area contributed by atoms with Crippen molar-refractivity contribution in [3.05, 3.63) is 0 Å². The van der Waals surface area contributed by atoms with Gasteiger partial charge >= 0.3 is 0 Å². The van der Waals surface area contributed by atoms with Gasteiger partial charge in [-0.15, -0.1) is 0 Å². The molecular formula is C9H21NO4S. The van der Waals surface area contributed by atoms with Crippen LogP contribution in [0, 0.1) is 5.41 Å². The fourth-order valence-electron chi connectivity index (χ4n) is 0.924. The lowest BCUT2D eigenvalue weighted by molar-refractivity contribution is 0.0703. The van der Waals surface area contributed by atoms with E-state index in [4.69, 9.17) is 10.2 Å². The highest BCUT2D eigenvalue weighted by Crippen LogP contribution is 2.11. The summed E-state index contributed by atoms with van der Waals surface area (Å²) in [5, 5.41) is 20.9. The molecular weight excluding hydrogens is 218 g/mol. The molecule has 0 aliphatic heterocycles. The number of aliphatic hydroxyl groups is 2. The second-order valence-corrected chi connectivity index (χ2v) is 6.51. The minimum absolute atomic E-state index is 0.0937. The summed E-state index contributed by atoms with van der Waals surface area (Å²) in [7, 11) is -2.94. The lowest BCUT2D eigenvalue weighted by Crippen LogP contribution is -2.39. The molecule has 0 saturated heterocycles. The SMILES string of the molecule is CCS(=O)(=O)CCNCC(C)(CO)CO. The highest BCUT2D eigenvalue weighted by atomic mass is 32.2. The number of rotatable bonds is 8. The van der Waals surface area contributed by atoms with Crippen LogP contribution in [0.1, 0.15) is 13.8 Å². The molecule has 0 heterocycles. The fourth-order valence-corrected chi connectivity index (χ4v) is 1.67. The van der Waals surface area contributed by atoms with Crippen LogP contribution in [-0.2, 0) is 9.84 Å². The first-order chi connectivity index (χ1) is 6.89. The van der Waals surface area contributed by atoms with Gasteiger partial charge in [-0.25, -0.2) is 8.42 Å². The summed E-state index contributed by atoms with van der Waals surface area (Å²) in [4.78, 5) is 0. The maximum absolute atomic E-state index is 11.1. The summed E-state index contributed by atoms with van der Waals surface area (Å²) in [5.74, 6) is 0.238. The Labute approximate surface area is 91.4 Å². The van der Waals surface area contributed by atoms with Gasteiger partial charge in [0.15, 0.2) is 9.84 Å². The van der Waals surface area contributed by atoms with Crippen LogP contribution in [0.5, 0.6) is 0 Å². The van der Waals surface area contributed by atoms with Crippen molar-refractivity contribution in [2.45, 2.75) is 13.8 Å². The second-order valence-electron chi connectivity index (χ2n) is 4.04. The standard InChI is InChI=1S/C9H21NO4S/c1-3-15(13,14)5-4-10-6-9(2,7-11)8-12/h10-12H,3-8H2,1-2H3. The van der Waals surface area contributed by atoms with Gasteiger partial charge in [0.2, 0.25) is 0 Å². The third-order valence-electron chi connectivity index (χ3n) is 2.34. The van der Waals surface area contributed by atoms with Crippen LogP contribution in [-0.4, -0.2) is 56.4 Å². The number of hydrogen-bond donors (Lipinski definition) is 3. The van der Waals surface area contributed by atoms with E-state index in [1.807, 2.05) is 0 Å². The van der Waals surface area contributed by atoms with Gasteiger partial charge < -0.3 is 15.5 Å². The molecule has 0 atom stereocenters. The van der Waals surface area contributed by atoms with Gasteiger partial charge in [-0.3, -0.25) is 0 Å². The van der Waals surface area contributed by atoms with E-state index in [0.717, 1.165) is 0 Å². The zero-order valence-electron chi connectivity index (χ0n) is 9.36. The molecule has 0 saturated carbocycles. The molecule has 0 aromatic rings. The highest BCUT2D eigenvalue weighted by molar-refractivity contribution is 7.91. The van der Waals surface area contributed by atoms with Crippen molar-refractivity contribution >= 4 is 9.84 Å². The smallest absolute Gasteiger partial charge is 0.151 e. The quantitative estimate of drug-likeness (QED) is 0.473. The predicted octanol–water partition coefficient (Wildman–Crippen LogP) is -0.998. The summed E-state index contributed by atoms with van der Waals surface area (Å²) >= 11 is 0. The van der Waals surface area contributed by atoms with Crippen molar-refractivity contribution in [1.82, 2.24) is 5.32 Å². The fraction of sp³-hybridized carbons (Fsp3) is 1.00. The Morgan fingerprint density at radius 3 is 2.20 bits per heavy atom. The van der Waals surface area contributed by atoms with E-state index < -0.39 is 15.3 Å². The number of sulfone groups is 1. The third-order valence-corrected chi connectivity index (χ3v) is 4.05. The van der Waals surface area contributed by atoms with Gasteiger partial charge in [0.25, 0.3) is 0 Å². The number of nitrogens with one attached hydrogen (secondary N) is 1. The van der Waals surface area contributed by atoms with Crippen molar-refractivity contribution in [3.8, 4) is 0 Å². The average molecular weight is 239 g/mol. The van der Waals surface area contributed by atoms with Crippen LogP contribution in [0.4, 0.5) is 0 Å². The highest BCUT2D eigenvalue weighted by Gasteiger charge is 2.21. The maximum atomic E-state index is 11.1. The van der Waals surface area contributed by atoms with Gasteiger partial charge in [-0.2, -0.15) is 0 Å². The van der Waals surface area contributed by atoms with E-state index >= 15 is 0 Å². The van der Waals surface area contributed by atoms with E-state index in [0.29, 0.717) is 13.1 Å². The van der Waals surface area contributed by atoms with E-state index in [9.17, 15) is 8.42 Å². The third kappa shape index (κ3) is 6.09. The molecule has 0 fully saturated rings. The zero-order chi connectivity index (χ0) is 11.9. The molecule has 0 aliphatic carbocycles. The summed E-state index contributed by atoms with van der Waals surface area (Å²) < 4.78 is 22.2. The second kappa shape index (κ2) is 6.42. The molecule has 0 spiro atoms. The Morgan fingerprint density at radius 1 is 1.27 bits per heavy atom. The van der Waals surface area contributed by atoms with Gasteiger partial charge in [0.1, 0.15) is 0 Å². The average Bonchev–Trinajstić information content (AvgIpc) is 2.24. The largest absolute Gasteiger partial charge is 0.396 e. The normalized spacial score (nSPS) is 13.1. The Bertz CT molecular complexity index is 259. The molecule has 0 bridgehead atoms. The Morgan fingerprint density at radius 2 is 1.80 bits per heavy atom. The van der Waals surface area contributed by atoms with Gasteiger partial charge in [-0.1, -0.05) is 13.8 Å². The molecule has 15 heavy (non-hydrogen) atoms. The van der Waals surface area contributed by atoms with Crippen molar-refractivity contribution in [2.24, 2.45) is 5.41 Å². The first-order valence-electron chi connectivity index (χ1n) is 5.02. The summed E-state index contributed by atoms with van der Waals surface area (Å²) in [5.41, 5.74) is -0.587. The van der Waals surface area contributed by atoms with Gasteiger partial charge in [0.05, 0.1) is 19.0 Å². The minimum atomic E-state index is -2.94. The van der Waals surface area contributed by atoms with Crippen molar-refractivity contribution in [1.29, 1.82) is 0 Å². The Balaban J connectivity index is 3.81. The van der Waals surface area contributed by atoms with Crippen LogP contribution >= 0.6 is 0 Å². The molecule has 0 unspecified atom stereocenters. The Hall–Kier alpha value is -0.170. The Kier molecular flexibility index (Phi) is 6.35. The number of aliphatic hydroxyl groups excluding tert-OH is 2. The summed E-state index contributed by atoms with van der Waals surface area (Å²) in [6, 6.07) is 0. The van der Waals surface area contributed by atoms with Crippen molar-refractivity contribution < 1.29 is 18.6 Å². The molecule has 0 amide bonds. The molecule has 0 radical (unpaired) electrons. The maximum Gasteiger partial charge on any atom is 0.151 e.